The van der Waals surface area contributed by atoms with Crippen LogP contribution in [0.2, 0.25) is 0 Å². The molecule has 0 bridgehead atoms. The van der Waals surface area contributed by atoms with Crippen LogP contribution in [0.15, 0.2) is 12.2 Å². The molecule has 0 saturated heterocycles. The van der Waals surface area contributed by atoms with E-state index in [-0.39, 0.29) is 35.8 Å². The Hall–Kier alpha value is -1.07. The summed E-state index contributed by atoms with van der Waals surface area (Å²) in [6.45, 7) is 15.0. The molecule has 0 aromatic heterocycles. The molecular formula is C17H34ClN3O2. The Labute approximate surface area is 147 Å². The van der Waals surface area contributed by atoms with E-state index in [1.165, 1.54) is 0 Å². The molecule has 0 aliphatic heterocycles. The average molecular weight is 348 g/mol. The molecule has 0 fully saturated rings. The Kier molecular flexibility index (Phi) is 10.4. The molecule has 5 nitrogen and oxygen atoms in total. The van der Waals surface area contributed by atoms with Crippen molar-refractivity contribution in [3.63, 3.8) is 0 Å². The summed E-state index contributed by atoms with van der Waals surface area (Å²) in [5.41, 5.74) is 0.235. The van der Waals surface area contributed by atoms with Gasteiger partial charge in [-0.05, 0) is 34.6 Å². The van der Waals surface area contributed by atoms with Gasteiger partial charge in [-0.1, -0.05) is 6.58 Å². The fourth-order valence-electron chi connectivity index (χ4n) is 1.97. The van der Waals surface area contributed by atoms with Crippen molar-refractivity contribution in [2.24, 2.45) is 0 Å². The van der Waals surface area contributed by atoms with Crippen LogP contribution in [0.4, 0.5) is 0 Å². The van der Waals surface area contributed by atoms with E-state index in [9.17, 15) is 9.59 Å². The minimum Gasteiger partial charge on any atom is -1.00 e. The molecule has 0 saturated carbocycles. The maximum absolute atomic E-state index is 11.7. The predicted molar refractivity (Wildman–Crippen MR) is 91.4 cm³/mol. The van der Waals surface area contributed by atoms with Gasteiger partial charge in [0.15, 0.2) is 0 Å². The molecule has 0 aromatic rings. The molecule has 0 heterocycles. The summed E-state index contributed by atoms with van der Waals surface area (Å²) in [6.07, 6.45) is 1.36. The summed E-state index contributed by atoms with van der Waals surface area (Å²) in [4.78, 5) is 23.5. The average Bonchev–Trinajstić information content (AvgIpc) is 2.33. The molecule has 2 N–H and O–H groups in total. The molecular weight excluding hydrogens is 314 g/mol. The summed E-state index contributed by atoms with van der Waals surface area (Å²) in [5.74, 6) is -0.0114. The number of rotatable bonds is 9. The van der Waals surface area contributed by atoms with Gasteiger partial charge >= 0.3 is 0 Å². The van der Waals surface area contributed by atoms with Crippen LogP contribution >= 0.6 is 0 Å². The van der Waals surface area contributed by atoms with Crippen molar-refractivity contribution in [3.05, 3.63) is 12.2 Å². The van der Waals surface area contributed by atoms with Crippen LogP contribution in [0.1, 0.15) is 47.5 Å². The van der Waals surface area contributed by atoms with E-state index in [1.54, 1.807) is 6.92 Å². The van der Waals surface area contributed by atoms with Gasteiger partial charge in [-0.25, -0.2) is 0 Å². The van der Waals surface area contributed by atoms with E-state index < -0.39 is 0 Å². The predicted octanol–water partition coefficient (Wildman–Crippen LogP) is -1.16. The highest BCUT2D eigenvalue weighted by atomic mass is 35.5. The lowest BCUT2D eigenvalue weighted by Crippen LogP contribution is -3.00. The molecule has 0 radical (unpaired) electrons. The van der Waals surface area contributed by atoms with E-state index in [1.807, 2.05) is 27.7 Å². The van der Waals surface area contributed by atoms with Gasteiger partial charge in [-0.2, -0.15) is 0 Å². The third-order valence-electron chi connectivity index (χ3n) is 3.58. The van der Waals surface area contributed by atoms with Crippen LogP contribution in [0.25, 0.3) is 0 Å². The second-order valence-electron chi connectivity index (χ2n) is 7.72. The van der Waals surface area contributed by atoms with Crippen LogP contribution in [0.3, 0.4) is 0 Å². The zero-order valence-corrected chi connectivity index (χ0v) is 16.5. The number of nitrogens with one attached hydrogen (secondary N) is 2. The van der Waals surface area contributed by atoms with E-state index in [0.717, 1.165) is 24.0 Å². The summed E-state index contributed by atoms with van der Waals surface area (Å²) in [6, 6.07) is 0.180. The van der Waals surface area contributed by atoms with Gasteiger partial charge in [-0.3, -0.25) is 9.59 Å². The molecule has 0 aliphatic carbocycles. The fourth-order valence-corrected chi connectivity index (χ4v) is 1.97. The lowest BCUT2D eigenvalue weighted by molar-refractivity contribution is -0.890. The highest BCUT2D eigenvalue weighted by Gasteiger charge is 2.26. The first-order valence-electron chi connectivity index (χ1n) is 7.94. The second kappa shape index (κ2) is 9.93. The zero-order chi connectivity index (χ0) is 17.6. The Morgan fingerprint density at radius 2 is 1.70 bits per heavy atom. The number of hydrogen-bond acceptors (Lipinski definition) is 2. The Bertz CT molecular complexity index is 418. The lowest BCUT2D eigenvalue weighted by atomic mass is 9.99. The van der Waals surface area contributed by atoms with E-state index in [0.29, 0.717) is 12.0 Å². The molecule has 136 valence electrons. The topological polar surface area (TPSA) is 58.2 Å². The monoisotopic (exact) mass is 347 g/mol. The van der Waals surface area contributed by atoms with Gasteiger partial charge < -0.3 is 27.5 Å². The number of nitrogens with zero attached hydrogens (tertiary/aromatic N) is 1. The van der Waals surface area contributed by atoms with Crippen molar-refractivity contribution in [2.75, 3.05) is 27.2 Å². The summed E-state index contributed by atoms with van der Waals surface area (Å²) < 4.78 is 0.748. The van der Waals surface area contributed by atoms with Gasteiger partial charge in [0.1, 0.15) is 0 Å². The molecule has 0 aromatic carbocycles. The number of carbonyl (C=O) groups excluding carboxylic acids is 2. The molecule has 6 heteroatoms. The van der Waals surface area contributed by atoms with Crippen molar-refractivity contribution < 1.29 is 26.5 Å². The fraction of sp³-hybridized carbons (Fsp3) is 0.765. The molecule has 23 heavy (non-hydrogen) atoms. The maximum atomic E-state index is 11.7. The van der Waals surface area contributed by atoms with Gasteiger partial charge in [0.25, 0.3) is 0 Å². The first-order valence-corrected chi connectivity index (χ1v) is 7.94. The van der Waals surface area contributed by atoms with Gasteiger partial charge in [0, 0.05) is 23.6 Å². The molecule has 0 atom stereocenters. The van der Waals surface area contributed by atoms with Gasteiger partial charge in [0.05, 0.1) is 33.6 Å². The molecule has 2 amide bonds. The van der Waals surface area contributed by atoms with Crippen LogP contribution < -0.4 is 23.0 Å². The van der Waals surface area contributed by atoms with Crippen molar-refractivity contribution in [2.45, 2.75) is 59.0 Å². The normalized spacial score (nSPS) is 11.7. The third-order valence-corrected chi connectivity index (χ3v) is 3.58. The first kappa shape index (κ1) is 24.2. The molecule has 0 unspecified atom stereocenters. The van der Waals surface area contributed by atoms with Crippen LogP contribution in [0.5, 0.6) is 0 Å². The summed E-state index contributed by atoms with van der Waals surface area (Å²) in [5, 5.41) is 5.90. The Morgan fingerprint density at radius 1 is 1.17 bits per heavy atom. The quantitative estimate of drug-likeness (QED) is 0.408. The minimum atomic E-state index is -0.286. The van der Waals surface area contributed by atoms with E-state index >= 15 is 0 Å². The maximum Gasteiger partial charge on any atom is 0.246 e. The molecule has 0 spiro atoms. The third kappa shape index (κ3) is 12.1. The first-order chi connectivity index (χ1) is 9.84. The van der Waals surface area contributed by atoms with Crippen molar-refractivity contribution in [1.82, 2.24) is 10.6 Å². The van der Waals surface area contributed by atoms with Crippen molar-refractivity contribution >= 4 is 11.8 Å². The Morgan fingerprint density at radius 3 is 2.13 bits per heavy atom. The number of hydrogen-bond donors (Lipinski definition) is 2. The SMILES string of the molecule is C=C(C)C(=O)NC(C)(C)CC[N+](C)(C)CCC(=O)NC(C)C.[Cl-]. The number of carbonyl (C=O) groups is 2. The number of quaternary nitrogens is 1. The highest BCUT2D eigenvalue weighted by molar-refractivity contribution is 5.92. The van der Waals surface area contributed by atoms with Gasteiger partial charge in [-0.15, -0.1) is 0 Å². The molecule has 0 aliphatic rings. The van der Waals surface area contributed by atoms with Crippen LogP contribution in [-0.4, -0.2) is 55.1 Å². The largest absolute Gasteiger partial charge is 1.00 e. The second-order valence-corrected chi connectivity index (χ2v) is 7.72. The Balaban J connectivity index is 0. The number of halogens is 1. The number of amides is 2. The van der Waals surface area contributed by atoms with Crippen LogP contribution in [-0.2, 0) is 9.59 Å². The summed E-state index contributed by atoms with van der Waals surface area (Å²) in [7, 11) is 4.22. The standard InChI is InChI=1S/C17H33N3O2.ClH/c1-13(2)16(22)19-17(5,6)10-12-20(7,8)11-9-15(21)18-14(3)4;/h14H,1,9-12H2,2-8H3,(H-,18,19,21,22);1H. The zero-order valence-electron chi connectivity index (χ0n) is 15.8. The highest BCUT2D eigenvalue weighted by Crippen LogP contribution is 2.13. The minimum absolute atomic E-state index is 0. The van der Waals surface area contributed by atoms with E-state index in [4.69, 9.17) is 0 Å². The smallest absolute Gasteiger partial charge is 0.246 e. The van der Waals surface area contributed by atoms with Crippen LogP contribution in [0, 0.1) is 0 Å². The molecule has 0 rings (SSSR count). The van der Waals surface area contributed by atoms with Crippen molar-refractivity contribution in [1.29, 1.82) is 0 Å². The van der Waals surface area contributed by atoms with E-state index in [2.05, 4.69) is 31.3 Å². The van der Waals surface area contributed by atoms with Gasteiger partial charge in [0.2, 0.25) is 11.8 Å². The summed E-state index contributed by atoms with van der Waals surface area (Å²) >= 11 is 0. The van der Waals surface area contributed by atoms with Crippen molar-refractivity contribution in [3.8, 4) is 0 Å². The lowest BCUT2D eigenvalue weighted by Gasteiger charge is -2.34.